The smallest absolute Gasteiger partial charge is 0.226 e. The van der Waals surface area contributed by atoms with Gasteiger partial charge in [0.1, 0.15) is 0 Å². The standard InChI is InChI=1S/C9H17NO/c1-4-6-7-8-9(11)10(3)5-2/h5H,2,4,6-8H2,1,3H3. The van der Waals surface area contributed by atoms with E-state index in [1.54, 1.807) is 13.2 Å². The van der Waals surface area contributed by atoms with E-state index >= 15 is 0 Å². The van der Waals surface area contributed by atoms with Crippen LogP contribution in [0.2, 0.25) is 0 Å². The third-order valence-electron chi connectivity index (χ3n) is 1.66. The van der Waals surface area contributed by atoms with E-state index in [4.69, 9.17) is 0 Å². The van der Waals surface area contributed by atoms with Crippen LogP contribution in [0.5, 0.6) is 0 Å². The van der Waals surface area contributed by atoms with Gasteiger partial charge < -0.3 is 4.90 Å². The summed E-state index contributed by atoms with van der Waals surface area (Å²) in [6.07, 6.45) is 5.49. The zero-order chi connectivity index (χ0) is 8.69. The lowest BCUT2D eigenvalue weighted by Gasteiger charge is -2.09. The van der Waals surface area contributed by atoms with Crippen LogP contribution in [0.1, 0.15) is 32.6 Å². The number of rotatable bonds is 5. The molecule has 1 amide bonds. The van der Waals surface area contributed by atoms with Crippen molar-refractivity contribution in [1.82, 2.24) is 4.90 Å². The zero-order valence-electron chi connectivity index (χ0n) is 7.47. The highest BCUT2D eigenvalue weighted by atomic mass is 16.2. The van der Waals surface area contributed by atoms with E-state index in [1.807, 2.05) is 0 Å². The van der Waals surface area contributed by atoms with Gasteiger partial charge in [-0.25, -0.2) is 0 Å². The van der Waals surface area contributed by atoms with E-state index in [0.717, 1.165) is 19.3 Å². The minimum Gasteiger partial charge on any atom is -0.323 e. The summed E-state index contributed by atoms with van der Waals surface area (Å²) in [7, 11) is 1.74. The Bertz CT molecular complexity index is 132. The predicted molar refractivity (Wildman–Crippen MR) is 47.1 cm³/mol. The molecule has 0 aliphatic carbocycles. The summed E-state index contributed by atoms with van der Waals surface area (Å²) >= 11 is 0. The van der Waals surface area contributed by atoms with E-state index in [-0.39, 0.29) is 5.91 Å². The number of nitrogens with zero attached hydrogens (tertiary/aromatic N) is 1. The maximum atomic E-state index is 11.1. The summed E-state index contributed by atoms with van der Waals surface area (Å²) in [5.74, 6) is 0.161. The van der Waals surface area contributed by atoms with Crippen molar-refractivity contribution in [3.8, 4) is 0 Å². The number of unbranched alkanes of at least 4 members (excludes halogenated alkanes) is 2. The lowest BCUT2D eigenvalue weighted by Crippen LogP contribution is -2.19. The molecule has 0 saturated carbocycles. The lowest BCUT2D eigenvalue weighted by molar-refractivity contribution is -0.127. The van der Waals surface area contributed by atoms with Crippen LogP contribution in [-0.4, -0.2) is 17.9 Å². The van der Waals surface area contributed by atoms with E-state index in [0.29, 0.717) is 6.42 Å². The number of hydrogen-bond donors (Lipinski definition) is 0. The zero-order valence-corrected chi connectivity index (χ0v) is 7.47. The summed E-state index contributed by atoms with van der Waals surface area (Å²) in [4.78, 5) is 12.6. The molecule has 0 bridgehead atoms. The molecule has 0 aromatic rings. The lowest BCUT2D eigenvalue weighted by atomic mass is 10.2. The first-order valence-corrected chi connectivity index (χ1v) is 4.10. The van der Waals surface area contributed by atoms with Crippen LogP contribution in [0.25, 0.3) is 0 Å². The van der Waals surface area contributed by atoms with E-state index < -0.39 is 0 Å². The minimum absolute atomic E-state index is 0.161. The number of carbonyl (C=O) groups is 1. The highest BCUT2D eigenvalue weighted by Crippen LogP contribution is 2.01. The van der Waals surface area contributed by atoms with Gasteiger partial charge in [0.2, 0.25) is 5.91 Å². The quantitative estimate of drug-likeness (QED) is 0.557. The molecule has 0 aromatic carbocycles. The molecule has 0 spiro atoms. The van der Waals surface area contributed by atoms with Gasteiger partial charge in [-0.1, -0.05) is 26.3 Å². The summed E-state index contributed by atoms with van der Waals surface area (Å²) in [6.45, 7) is 5.64. The van der Waals surface area contributed by atoms with E-state index in [9.17, 15) is 4.79 Å². The van der Waals surface area contributed by atoms with Gasteiger partial charge in [-0.05, 0) is 12.6 Å². The Morgan fingerprint density at radius 3 is 2.64 bits per heavy atom. The van der Waals surface area contributed by atoms with Gasteiger partial charge in [-0.2, -0.15) is 0 Å². The molecule has 0 saturated heterocycles. The largest absolute Gasteiger partial charge is 0.323 e. The normalized spacial score (nSPS) is 9.27. The molecule has 11 heavy (non-hydrogen) atoms. The average molecular weight is 155 g/mol. The molecule has 0 N–H and O–H groups in total. The fraction of sp³-hybridized carbons (Fsp3) is 0.667. The SMILES string of the molecule is C=CN(C)C(=O)CCCCC. The van der Waals surface area contributed by atoms with Crippen LogP contribution in [0.3, 0.4) is 0 Å². The Balaban J connectivity index is 3.44. The number of carbonyl (C=O) groups excluding carboxylic acids is 1. The van der Waals surface area contributed by atoms with Crippen molar-refractivity contribution in [2.75, 3.05) is 7.05 Å². The van der Waals surface area contributed by atoms with Crippen molar-refractivity contribution >= 4 is 5.91 Å². The second-order valence-electron chi connectivity index (χ2n) is 2.64. The highest BCUT2D eigenvalue weighted by Gasteiger charge is 2.02. The van der Waals surface area contributed by atoms with Crippen molar-refractivity contribution in [3.63, 3.8) is 0 Å². The van der Waals surface area contributed by atoms with Crippen LogP contribution in [0.4, 0.5) is 0 Å². The van der Waals surface area contributed by atoms with Crippen LogP contribution >= 0.6 is 0 Å². The topological polar surface area (TPSA) is 20.3 Å². The van der Waals surface area contributed by atoms with Crippen molar-refractivity contribution in [3.05, 3.63) is 12.8 Å². The van der Waals surface area contributed by atoms with Crippen molar-refractivity contribution < 1.29 is 4.79 Å². The molecular formula is C9H17NO. The van der Waals surface area contributed by atoms with Crippen LogP contribution in [0.15, 0.2) is 12.8 Å². The molecule has 0 aliphatic rings. The van der Waals surface area contributed by atoms with Crippen LogP contribution < -0.4 is 0 Å². The highest BCUT2D eigenvalue weighted by molar-refractivity contribution is 5.76. The first-order chi connectivity index (χ1) is 5.22. The third-order valence-corrected chi connectivity index (χ3v) is 1.66. The fourth-order valence-electron chi connectivity index (χ4n) is 0.804. The van der Waals surface area contributed by atoms with Gasteiger partial charge in [0, 0.05) is 13.5 Å². The van der Waals surface area contributed by atoms with Gasteiger partial charge in [-0.15, -0.1) is 0 Å². The second kappa shape index (κ2) is 5.96. The molecule has 64 valence electrons. The van der Waals surface area contributed by atoms with Gasteiger partial charge in [0.15, 0.2) is 0 Å². The minimum atomic E-state index is 0.161. The molecule has 2 nitrogen and oxygen atoms in total. The summed E-state index contributed by atoms with van der Waals surface area (Å²) < 4.78 is 0. The molecule has 0 aliphatic heterocycles. The second-order valence-corrected chi connectivity index (χ2v) is 2.64. The van der Waals surface area contributed by atoms with Crippen LogP contribution in [0, 0.1) is 0 Å². The number of amides is 1. The Kier molecular flexibility index (Phi) is 5.53. The third kappa shape index (κ3) is 4.59. The first kappa shape index (κ1) is 10.2. The van der Waals surface area contributed by atoms with Gasteiger partial charge in [0.05, 0.1) is 0 Å². The van der Waals surface area contributed by atoms with Crippen molar-refractivity contribution in [2.24, 2.45) is 0 Å². The Morgan fingerprint density at radius 1 is 1.55 bits per heavy atom. The summed E-state index contributed by atoms with van der Waals surface area (Å²) in [6, 6.07) is 0. The average Bonchev–Trinajstić information content (AvgIpc) is 2.03. The maximum Gasteiger partial charge on any atom is 0.226 e. The molecule has 2 heteroatoms. The van der Waals surface area contributed by atoms with Crippen molar-refractivity contribution in [1.29, 1.82) is 0 Å². The molecule has 0 radical (unpaired) electrons. The molecule has 0 atom stereocenters. The summed E-state index contributed by atoms with van der Waals surface area (Å²) in [5, 5.41) is 0. The van der Waals surface area contributed by atoms with E-state index in [2.05, 4.69) is 13.5 Å². The Hall–Kier alpha value is -0.790. The number of hydrogen-bond acceptors (Lipinski definition) is 1. The Morgan fingerprint density at radius 2 is 2.18 bits per heavy atom. The first-order valence-electron chi connectivity index (χ1n) is 4.10. The molecule has 0 fully saturated rings. The monoisotopic (exact) mass is 155 g/mol. The molecule has 0 unspecified atom stereocenters. The molecular weight excluding hydrogens is 138 g/mol. The van der Waals surface area contributed by atoms with Crippen molar-refractivity contribution in [2.45, 2.75) is 32.6 Å². The fourth-order valence-corrected chi connectivity index (χ4v) is 0.804. The molecule has 0 heterocycles. The van der Waals surface area contributed by atoms with Crippen LogP contribution in [-0.2, 0) is 4.79 Å². The van der Waals surface area contributed by atoms with E-state index in [1.165, 1.54) is 4.90 Å². The van der Waals surface area contributed by atoms with Gasteiger partial charge >= 0.3 is 0 Å². The summed E-state index contributed by atoms with van der Waals surface area (Å²) in [5.41, 5.74) is 0. The Labute approximate surface area is 68.9 Å². The molecule has 0 aromatic heterocycles. The van der Waals surface area contributed by atoms with Gasteiger partial charge in [0.25, 0.3) is 0 Å². The molecule has 0 rings (SSSR count). The van der Waals surface area contributed by atoms with Gasteiger partial charge in [-0.3, -0.25) is 4.79 Å². The predicted octanol–water partition coefficient (Wildman–Crippen LogP) is 2.17. The maximum absolute atomic E-state index is 11.1.